The number of nitrogens with zero attached hydrogens (tertiary/aromatic N) is 4. The van der Waals surface area contributed by atoms with Crippen LogP contribution in [0.4, 0.5) is 11.5 Å². The minimum absolute atomic E-state index is 0.198. The van der Waals surface area contributed by atoms with Crippen molar-refractivity contribution in [2.75, 3.05) is 5.32 Å². The number of nitrogens with one attached hydrogen (secondary N) is 1. The summed E-state index contributed by atoms with van der Waals surface area (Å²) in [5.41, 5.74) is 1.06. The van der Waals surface area contributed by atoms with Crippen LogP contribution in [0.2, 0.25) is 0 Å². The standard InChI is InChI=1S/C10H9N5O2/c16-15(17)10-9(4-2-5-11-10)12-7-8-3-1-6-13-14-8/h1-6,12H,7H2. The van der Waals surface area contributed by atoms with E-state index in [1.165, 1.54) is 6.20 Å². The van der Waals surface area contributed by atoms with Crippen LogP contribution >= 0.6 is 0 Å². The Bertz CT molecular complexity index is 517. The van der Waals surface area contributed by atoms with E-state index in [-0.39, 0.29) is 5.82 Å². The van der Waals surface area contributed by atoms with Crippen LogP contribution < -0.4 is 5.32 Å². The van der Waals surface area contributed by atoms with Crippen molar-refractivity contribution >= 4 is 11.5 Å². The molecule has 0 aliphatic rings. The van der Waals surface area contributed by atoms with Crippen molar-refractivity contribution in [1.82, 2.24) is 15.2 Å². The minimum atomic E-state index is -0.529. The number of pyridine rings is 1. The lowest BCUT2D eigenvalue weighted by Crippen LogP contribution is -2.05. The molecule has 0 amide bonds. The van der Waals surface area contributed by atoms with Crippen molar-refractivity contribution in [3.8, 4) is 0 Å². The molecule has 0 unspecified atom stereocenters. The summed E-state index contributed by atoms with van der Waals surface area (Å²) in [4.78, 5) is 13.9. The highest BCUT2D eigenvalue weighted by atomic mass is 16.6. The van der Waals surface area contributed by atoms with Crippen molar-refractivity contribution in [2.24, 2.45) is 0 Å². The third-order valence-electron chi connectivity index (χ3n) is 2.05. The van der Waals surface area contributed by atoms with Crippen LogP contribution in [0.3, 0.4) is 0 Å². The van der Waals surface area contributed by atoms with Gasteiger partial charge in [-0.3, -0.25) is 0 Å². The topological polar surface area (TPSA) is 93.8 Å². The smallest absolute Gasteiger partial charge is 0.372 e. The van der Waals surface area contributed by atoms with Crippen LogP contribution in [0.1, 0.15) is 5.69 Å². The van der Waals surface area contributed by atoms with Crippen LogP contribution in [0.25, 0.3) is 0 Å². The van der Waals surface area contributed by atoms with Crippen molar-refractivity contribution in [3.63, 3.8) is 0 Å². The fourth-order valence-electron chi connectivity index (χ4n) is 1.29. The predicted molar refractivity (Wildman–Crippen MR) is 60.3 cm³/mol. The first kappa shape index (κ1) is 10.9. The molecule has 0 aromatic carbocycles. The summed E-state index contributed by atoms with van der Waals surface area (Å²) < 4.78 is 0. The number of rotatable bonds is 4. The fraction of sp³-hybridized carbons (Fsp3) is 0.100. The maximum atomic E-state index is 10.7. The third-order valence-corrected chi connectivity index (χ3v) is 2.05. The predicted octanol–water partition coefficient (Wildman–Crippen LogP) is 1.39. The molecule has 0 fully saturated rings. The molecule has 2 aromatic rings. The lowest BCUT2D eigenvalue weighted by atomic mass is 10.3. The van der Waals surface area contributed by atoms with Crippen molar-refractivity contribution in [2.45, 2.75) is 6.54 Å². The van der Waals surface area contributed by atoms with E-state index in [1.54, 1.807) is 30.5 Å². The molecule has 0 atom stereocenters. The first-order valence-corrected chi connectivity index (χ1v) is 4.87. The van der Waals surface area contributed by atoms with Crippen LogP contribution in [-0.4, -0.2) is 20.1 Å². The second-order valence-electron chi connectivity index (χ2n) is 3.20. The molecule has 0 radical (unpaired) electrons. The van der Waals surface area contributed by atoms with Gasteiger partial charge < -0.3 is 15.4 Å². The lowest BCUT2D eigenvalue weighted by molar-refractivity contribution is -0.388. The second-order valence-corrected chi connectivity index (χ2v) is 3.20. The lowest BCUT2D eigenvalue weighted by Gasteiger charge is -2.04. The molecule has 7 nitrogen and oxygen atoms in total. The number of nitro groups is 1. The average molecular weight is 231 g/mol. The Morgan fingerprint density at radius 2 is 2.12 bits per heavy atom. The van der Waals surface area contributed by atoms with E-state index < -0.39 is 4.92 Å². The summed E-state index contributed by atoms with van der Waals surface area (Å²) in [6.45, 7) is 0.361. The molecule has 1 N–H and O–H groups in total. The third kappa shape index (κ3) is 2.71. The van der Waals surface area contributed by atoms with E-state index in [9.17, 15) is 10.1 Å². The van der Waals surface area contributed by atoms with Crippen LogP contribution in [0.15, 0.2) is 36.7 Å². The van der Waals surface area contributed by atoms with E-state index in [0.29, 0.717) is 17.9 Å². The first-order chi connectivity index (χ1) is 8.27. The molecule has 86 valence electrons. The summed E-state index contributed by atoms with van der Waals surface area (Å²) in [6.07, 6.45) is 2.95. The van der Waals surface area contributed by atoms with Crippen LogP contribution in [0.5, 0.6) is 0 Å². The molecule has 2 heterocycles. The Morgan fingerprint density at radius 3 is 2.82 bits per heavy atom. The Morgan fingerprint density at radius 1 is 1.29 bits per heavy atom. The first-order valence-electron chi connectivity index (χ1n) is 4.87. The molecule has 0 aliphatic carbocycles. The largest absolute Gasteiger partial charge is 0.386 e. The van der Waals surface area contributed by atoms with E-state index in [2.05, 4.69) is 20.5 Å². The minimum Gasteiger partial charge on any atom is -0.372 e. The summed E-state index contributed by atoms with van der Waals surface area (Å²) >= 11 is 0. The average Bonchev–Trinajstić information content (AvgIpc) is 2.38. The van der Waals surface area contributed by atoms with Crippen molar-refractivity contribution in [3.05, 3.63) is 52.5 Å². The van der Waals surface area contributed by atoms with E-state index in [1.807, 2.05) is 0 Å². The normalized spacial score (nSPS) is 9.88. The number of hydrogen-bond acceptors (Lipinski definition) is 6. The molecule has 0 saturated carbocycles. The van der Waals surface area contributed by atoms with Gasteiger partial charge in [0.15, 0.2) is 0 Å². The van der Waals surface area contributed by atoms with Gasteiger partial charge in [-0.05, 0) is 34.2 Å². The highest BCUT2D eigenvalue weighted by Crippen LogP contribution is 2.20. The van der Waals surface area contributed by atoms with Gasteiger partial charge >= 0.3 is 5.82 Å². The highest BCUT2D eigenvalue weighted by molar-refractivity contribution is 5.56. The SMILES string of the molecule is O=[N+]([O-])c1ncccc1NCc1cccnn1. The maximum Gasteiger partial charge on any atom is 0.386 e. The zero-order valence-corrected chi connectivity index (χ0v) is 8.78. The van der Waals surface area contributed by atoms with E-state index in [0.717, 1.165) is 0 Å². The summed E-state index contributed by atoms with van der Waals surface area (Å²) in [5.74, 6) is -0.198. The molecule has 0 aliphatic heterocycles. The number of aromatic nitrogens is 3. The van der Waals surface area contributed by atoms with Gasteiger partial charge in [-0.15, -0.1) is 0 Å². The summed E-state index contributed by atoms with van der Waals surface area (Å²) in [7, 11) is 0. The van der Waals surface area contributed by atoms with Gasteiger partial charge in [0.2, 0.25) is 0 Å². The molecule has 2 aromatic heterocycles. The zero-order valence-electron chi connectivity index (χ0n) is 8.78. The van der Waals surface area contributed by atoms with E-state index >= 15 is 0 Å². The van der Waals surface area contributed by atoms with Gasteiger partial charge in [0.05, 0.1) is 12.2 Å². The van der Waals surface area contributed by atoms with E-state index in [4.69, 9.17) is 0 Å². The zero-order chi connectivity index (χ0) is 12.1. The van der Waals surface area contributed by atoms with Gasteiger partial charge in [0.1, 0.15) is 11.9 Å². The summed E-state index contributed by atoms with van der Waals surface area (Å²) in [6, 6.07) is 6.76. The van der Waals surface area contributed by atoms with Gasteiger partial charge in [-0.2, -0.15) is 10.2 Å². The number of anilines is 1. The Kier molecular flexibility index (Phi) is 3.20. The Balaban J connectivity index is 2.12. The van der Waals surface area contributed by atoms with Gasteiger partial charge in [-0.25, -0.2) is 0 Å². The molecule has 0 spiro atoms. The van der Waals surface area contributed by atoms with Crippen LogP contribution in [0, 0.1) is 10.1 Å². The van der Waals surface area contributed by atoms with Crippen molar-refractivity contribution < 1.29 is 4.92 Å². The Labute approximate surface area is 96.7 Å². The second kappa shape index (κ2) is 4.97. The van der Waals surface area contributed by atoms with Gasteiger partial charge in [-0.1, -0.05) is 0 Å². The van der Waals surface area contributed by atoms with Crippen molar-refractivity contribution in [1.29, 1.82) is 0 Å². The molecule has 17 heavy (non-hydrogen) atoms. The molecule has 2 rings (SSSR count). The molecular weight excluding hydrogens is 222 g/mol. The quantitative estimate of drug-likeness (QED) is 0.631. The van der Waals surface area contributed by atoms with Gasteiger partial charge in [0.25, 0.3) is 0 Å². The summed E-state index contributed by atoms with van der Waals surface area (Å²) in [5, 5.41) is 21.2. The monoisotopic (exact) mass is 231 g/mol. The Hall–Kier alpha value is -2.57. The van der Waals surface area contributed by atoms with Crippen LogP contribution in [-0.2, 0) is 6.54 Å². The number of hydrogen-bond donors (Lipinski definition) is 1. The molecule has 0 saturated heterocycles. The molecular formula is C10H9N5O2. The maximum absolute atomic E-state index is 10.7. The fourth-order valence-corrected chi connectivity index (χ4v) is 1.29. The molecule has 7 heteroatoms. The van der Waals surface area contributed by atoms with Gasteiger partial charge in [0, 0.05) is 6.20 Å². The highest BCUT2D eigenvalue weighted by Gasteiger charge is 2.13. The molecule has 0 bridgehead atoms.